The summed E-state index contributed by atoms with van der Waals surface area (Å²) < 4.78 is 37.5. The van der Waals surface area contributed by atoms with Gasteiger partial charge in [-0.15, -0.1) is 0 Å². The van der Waals surface area contributed by atoms with E-state index in [1.807, 2.05) is 0 Å². The lowest BCUT2D eigenvalue weighted by Gasteiger charge is -2.24. The van der Waals surface area contributed by atoms with E-state index in [1.165, 1.54) is 37.9 Å². The van der Waals surface area contributed by atoms with Crippen LogP contribution >= 0.6 is 0 Å². The Morgan fingerprint density at radius 1 is 1.18 bits per heavy atom. The second kappa shape index (κ2) is 8.57. The van der Waals surface area contributed by atoms with Gasteiger partial charge >= 0.3 is 0 Å². The number of rotatable bonds is 8. The van der Waals surface area contributed by atoms with Crippen molar-refractivity contribution in [1.29, 1.82) is 0 Å². The number of hydrogen-bond donors (Lipinski definition) is 1. The quantitative estimate of drug-likeness (QED) is 0.621. The van der Waals surface area contributed by atoms with E-state index in [1.54, 1.807) is 36.4 Å². The van der Waals surface area contributed by atoms with Gasteiger partial charge in [0, 0.05) is 12.4 Å². The molecule has 0 atom stereocenters. The zero-order chi connectivity index (χ0) is 20.0. The summed E-state index contributed by atoms with van der Waals surface area (Å²) in [6, 6.07) is 12.8. The highest BCUT2D eigenvalue weighted by atomic mass is 32.2. The highest BCUT2D eigenvalue weighted by Crippen LogP contribution is 2.25. The van der Waals surface area contributed by atoms with Crippen LogP contribution in [-0.2, 0) is 21.4 Å². The number of sulfonamides is 1. The molecule has 8 nitrogen and oxygen atoms in total. The van der Waals surface area contributed by atoms with Crippen LogP contribution in [0.25, 0.3) is 0 Å². The summed E-state index contributed by atoms with van der Waals surface area (Å²) in [5.41, 5.74) is 0.331. The van der Waals surface area contributed by atoms with E-state index in [0.29, 0.717) is 17.2 Å². The van der Waals surface area contributed by atoms with E-state index in [4.69, 9.17) is 9.15 Å². The van der Waals surface area contributed by atoms with Crippen molar-refractivity contribution in [3.8, 4) is 5.75 Å². The summed E-state index contributed by atoms with van der Waals surface area (Å²) in [5.74, 6) is 0.670. The molecule has 3 aromatic rings. The number of nitrogens with one attached hydrogen (secondary N) is 1. The number of benzene rings is 1. The molecule has 1 aromatic carbocycles. The van der Waals surface area contributed by atoms with Crippen LogP contribution in [0.2, 0.25) is 0 Å². The number of methoxy groups -OCH3 is 1. The first-order chi connectivity index (χ1) is 13.5. The van der Waals surface area contributed by atoms with Crippen molar-refractivity contribution in [2.24, 2.45) is 0 Å². The molecule has 0 aliphatic carbocycles. The number of carbonyl (C=O) groups is 1. The lowest BCUT2D eigenvalue weighted by Crippen LogP contribution is -2.40. The second-order valence-electron chi connectivity index (χ2n) is 5.75. The summed E-state index contributed by atoms with van der Waals surface area (Å²) in [5, 5.41) is 2.65. The van der Waals surface area contributed by atoms with Crippen molar-refractivity contribution in [1.82, 2.24) is 10.3 Å². The average Bonchev–Trinajstić information content (AvgIpc) is 3.25. The van der Waals surface area contributed by atoms with Gasteiger partial charge in [0.25, 0.3) is 10.0 Å². The number of aromatic nitrogens is 1. The van der Waals surface area contributed by atoms with Gasteiger partial charge in [-0.1, -0.05) is 0 Å². The zero-order valence-corrected chi connectivity index (χ0v) is 15.9. The van der Waals surface area contributed by atoms with Crippen LogP contribution in [0.3, 0.4) is 0 Å². The molecule has 0 radical (unpaired) electrons. The minimum absolute atomic E-state index is 0.00958. The molecule has 0 spiro atoms. The van der Waals surface area contributed by atoms with Crippen molar-refractivity contribution in [2.75, 3.05) is 18.0 Å². The monoisotopic (exact) mass is 401 g/mol. The van der Waals surface area contributed by atoms with Crippen molar-refractivity contribution in [3.63, 3.8) is 0 Å². The summed E-state index contributed by atoms with van der Waals surface area (Å²) in [7, 11) is -2.48. The van der Waals surface area contributed by atoms with Gasteiger partial charge in [-0.2, -0.15) is 0 Å². The Morgan fingerprint density at radius 3 is 2.57 bits per heavy atom. The van der Waals surface area contributed by atoms with Gasteiger partial charge in [-0.3, -0.25) is 14.1 Å². The number of furan rings is 1. The highest BCUT2D eigenvalue weighted by molar-refractivity contribution is 7.92. The molecule has 0 aliphatic heterocycles. The normalized spacial score (nSPS) is 11.0. The van der Waals surface area contributed by atoms with E-state index < -0.39 is 22.5 Å². The van der Waals surface area contributed by atoms with Crippen LogP contribution in [0.5, 0.6) is 5.75 Å². The Bertz CT molecular complexity index is 1000. The summed E-state index contributed by atoms with van der Waals surface area (Å²) in [6.45, 7) is -0.237. The predicted octanol–water partition coefficient (Wildman–Crippen LogP) is 2.19. The molecular formula is C19H19N3O5S. The number of anilines is 1. The fourth-order valence-corrected chi connectivity index (χ4v) is 3.86. The summed E-state index contributed by atoms with van der Waals surface area (Å²) >= 11 is 0. The Morgan fingerprint density at radius 2 is 1.96 bits per heavy atom. The number of amides is 1. The van der Waals surface area contributed by atoms with E-state index in [0.717, 1.165) is 4.31 Å². The maximum absolute atomic E-state index is 13.1. The zero-order valence-electron chi connectivity index (χ0n) is 15.1. The van der Waals surface area contributed by atoms with Gasteiger partial charge < -0.3 is 14.5 Å². The van der Waals surface area contributed by atoms with E-state index in [2.05, 4.69) is 10.3 Å². The van der Waals surface area contributed by atoms with Crippen LogP contribution in [0.1, 0.15) is 5.76 Å². The SMILES string of the molecule is COc1ccc(N(CC(=O)NCc2ccco2)S(=O)(=O)c2cccnc2)cc1. The van der Waals surface area contributed by atoms with Crippen LogP contribution in [0.4, 0.5) is 5.69 Å². The topological polar surface area (TPSA) is 102 Å². The molecular weight excluding hydrogens is 382 g/mol. The second-order valence-corrected chi connectivity index (χ2v) is 7.62. The maximum Gasteiger partial charge on any atom is 0.266 e. The fourth-order valence-electron chi connectivity index (χ4n) is 2.48. The highest BCUT2D eigenvalue weighted by Gasteiger charge is 2.27. The molecule has 0 fully saturated rings. The summed E-state index contributed by atoms with van der Waals surface area (Å²) in [6.07, 6.45) is 4.22. The van der Waals surface area contributed by atoms with Crippen molar-refractivity contribution in [3.05, 3.63) is 72.9 Å². The van der Waals surface area contributed by atoms with Gasteiger partial charge in [-0.25, -0.2) is 8.42 Å². The van der Waals surface area contributed by atoms with E-state index >= 15 is 0 Å². The molecule has 1 N–H and O–H groups in total. The smallest absolute Gasteiger partial charge is 0.266 e. The molecule has 3 rings (SSSR count). The lowest BCUT2D eigenvalue weighted by molar-refractivity contribution is -0.119. The first-order valence-corrected chi connectivity index (χ1v) is 9.80. The minimum atomic E-state index is -4.00. The van der Waals surface area contributed by atoms with Gasteiger partial charge in [0.1, 0.15) is 22.9 Å². The lowest BCUT2D eigenvalue weighted by atomic mass is 10.3. The largest absolute Gasteiger partial charge is 0.497 e. The molecule has 2 heterocycles. The van der Waals surface area contributed by atoms with Crippen LogP contribution < -0.4 is 14.4 Å². The first-order valence-electron chi connectivity index (χ1n) is 8.36. The molecule has 0 aliphatic rings. The summed E-state index contributed by atoms with van der Waals surface area (Å²) in [4.78, 5) is 16.3. The molecule has 146 valence electrons. The maximum atomic E-state index is 13.1. The Balaban J connectivity index is 1.86. The first kappa shape index (κ1) is 19.4. The molecule has 1 amide bonds. The molecule has 28 heavy (non-hydrogen) atoms. The number of hydrogen-bond acceptors (Lipinski definition) is 6. The fraction of sp³-hybridized carbons (Fsp3) is 0.158. The molecule has 0 unspecified atom stereocenters. The van der Waals surface area contributed by atoms with E-state index in [9.17, 15) is 13.2 Å². The van der Waals surface area contributed by atoms with Crippen LogP contribution in [0.15, 0.2) is 76.5 Å². The third kappa shape index (κ3) is 4.49. The third-order valence-corrected chi connectivity index (χ3v) is 5.67. The van der Waals surface area contributed by atoms with Gasteiger partial charge in [0.15, 0.2) is 0 Å². The van der Waals surface area contributed by atoms with Crippen LogP contribution in [-0.4, -0.2) is 33.0 Å². The molecule has 0 saturated heterocycles. The average molecular weight is 401 g/mol. The van der Waals surface area contributed by atoms with Crippen molar-refractivity contribution >= 4 is 21.6 Å². The Kier molecular flexibility index (Phi) is 5.95. The number of nitrogens with zero attached hydrogens (tertiary/aromatic N) is 2. The third-order valence-electron chi connectivity index (χ3n) is 3.91. The molecule has 9 heteroatoms. The molecule has 0 saturated carbocycles. The predicted molar refractivity (Wildman–Crippen MR) is 102 cm³/mol. The number of ether oxygens (including phenoxy) is 1. The molecule has 2 aromatic heterocycles. The van der Waals surface area contributed by atoms with Gasteiger partial charge in [0.05, 0.1) is 25.6 Å². The van der Waals surface area contributed by atoms with Crippen molar-refractivity contribution in [2.45, 2.75) is 11.4 Å². The van der Waals surface area contributed by atoms with Gasteiger partial charge in [0.2, 0.25) is 5.91 Å². The molecule has 0 bridgehead atoms. The Hall–Kier alpha value is -3.33. The van der Waals surface area contributed by atoms with E-state index in [-0.39, 0.29) is 11.4 Å². The van der Waals surface area contributed by atoms with Crippen molar-refractivity contribution < 1.29 is 22.4 Å². The standard InChI is InChI=1S/C19H19N3O5S/c1-26-16-8-6-15(7-9-16)22(28(24,25)18-5-2-10-20-13-18)14-19(23)21-12-17-4-3-11-27-17/h2-11,13H,12,14H2,1H3,(H,21,23). The Labute approximate surface area is 162 Å². The number of carbonyl (C=O) groups excluding carboxylic acids is 1. The number of pyridine rings is 1. The minimum Gasteiger partial charge on any atom is -0.497 e. The van der Waals surface area contributed by atoms with Gasteiger partial charge in [-0.05, 0) is 48.5 Å². The van der Waals surface area contributed by atoms with Crippen LogP contribution in [0, 0.1) is 0 Å².